The van der Waals surface area contributed by atoms with Crippen molar-refractivity contribution in [1.29, 1.82) is 0 Å². The second-order valence-electron chi connectivity index (χ2n) is 8.99. The van der Waals surface area contributed by atoms with E-state index in [0.29, 0.717) is 23.5 Å². The third-order valence-corrected chi connectivity index (χ3v) is 7.68. The lowest BCUT2D eigenvalue weighted by Gasteiger charge is -2.20. The number of amides is 1. The van der Waals surface area contributed by atoms with Gasteiger partial charge >= 0.3 is 0 Å². The molecular weight excluding hydrogens is 458 g/mol. The molecule has 0 saturated carbocycles. The van der Waals surface area contributed by atoms with Crippen LogP contribution in [0.15, 0.2) is 53.3 Å². The van der Waals surface area contributed by atoms with E-state index in [1.54, 1.807) is 35.0 Å². The largest absolute Gasteiger partial charge is 0.494 e. The Morgan fingerprint density at radius 3 is 2.69 bits per heavy atom. The Bertz CT molecular complexity index is 1450. The Kier molecular flexibility index (Phi) is 6.43. The highest BCUT2D eigenvalue weighted by atomic mass is 32.1. The standard InChI is InChI=1S/C28H29N3O3S/c1-4-34-21-14-12-20(13-15-21)29-26(32)18(3)31-25(19-9-7-8-17(2)16-19)30-27-24(28(31)33)22-10-5-6-11-23(22)35-27/h7-9,12-16,18H,4-6,10-11H2,1-3H3,(H,29,32). The molecule has 4 aromatic rings. The van der Waals surface area contributed by atoms with Gasteiger partial charge in [-0.3, -0.25) is 14.2 Å². The number of rotatable bonds is 6. The minimum absolute atomic E-state index is 0.139. The zero-order valence-electron chi connectivity index (χ0n) is 20.3. The lowest BCUT2D eigenvalue weighted by Crippen LogP contribution is -2.33. The number of aromatic nitrogens is 2. The van der Waals surface area contributed by atoms with E-state index in [1.807, 2.05) is 50.2 Å². The summed E-state index contributed by atoms with van der Waals surface area (Å²) in [4.78, 5) is 34.4. The van der Waals surface area contributed by atoms with E-state index in [-0.39, 0.29) is 11.5 Å². The van der Waals surface area contributed by atoms with Gasteiger partial charge in [-0.25, -0.2) is 4.98 Å². The molecule has 5 rings (SSSR count). The number of aryl methyl sites for hydroxylation is 3. The molecule has 2 heterocycles. The Morgan fingerprint density at radius 1 is 1.17 bits per heavy atom. The van der Waals surface area contributed by atoms with E-state index in [9.17, 15) is 9.59 Å². The molecule has 180 valence electrons. The molecule has 35 heavy (non-hydrogen) atoms. The van der Waals surface area contributed by atoms with Crippen molar-refractivity contribution in [2.24, 2.45) is 0 Å². The second-order valence-corrected chi connectivity index (χ2v) is 10.1. The summed E-state index contributed by atoms with van der Waals surface area (Å²) in [5.74, 6) is 1.00. The Hall–Kier alpha value is -3.45. The van der Waals surface area contributed by atoms with Gasteiger partial charge in [0.05, 0.1) is 12.0 Å². The average Bonchev–Trinajstić information content (AvgIpc) is 3.24. The number of thiophene rings is 1. The maximum atomic E-state index is 14.0. The van der Waals surface area contributed by atoms with Crippen molar-refractivity contribution >= 4 is 33.1 Å². The number of carbonyl (C=O) groups is 1. The fraction of sp³-hybridized carbons (Fsp3) is 0.321. The van der Waals surface area contributed by atoms with Crippen LogP contribution in [0.25, 0.3) is 21.6 Å². The van der Waals surface area contributed by atoms with Crippen LogP contribution in [0.1, 0.15) is 48.7 Å². The third-order valence-electron chi connectivity index (χ3n) is 6.50. The van der Waals surface area contributed by atoms with Crippen molar-refractivity contribution in [1.82, 2.24) is 9.55 Å². The highest BCUT2D eigenvalue weighted by Crippen LogP contribution is 2.35. The molecule has 0 aliphatic heterocycles. The second kappa shape index (κ2) is 9.66. The van der Waals surface area contributed by atoms with Crippen molar-refractivity contribution < 1.29 is 9.53 Å². The number of hydrogen-bond acceptors (Lipinski definition) is 5. The Morgan fingerprint density at radius 2 is 1.94 bits per heavy atom. The lowest BCUT2D eigenvalue weighted by atomic mass is 9.97. The summed E-state index contributed by atoms with van der Waals surface area (Å²) in [6.45, 7) is 6.28. The van der Waals surface area contributed by atoms with Gasteiger partial charge < -0.3 is 10.1 Å². The normalized spacial score (nSPS) is 13.9. The summed E-state index contributed by atoms with van der Waals surface area (Å²) in [6, 6.07) is 14.4. The quantitative estimate of drug-likeness (QED) is 0.367. The van der Waals surface area contributed by atoms with Crippen LogP contribution < -0.4 is 15.6 Å². The molecule has 2 aromatic heterocycles. The van der Waals surface area contributed by atoms with E-state index < -0.39 is 6.04 Å². The number of fused-ring (bicyclic) bond motifs is 3. The molecule has 1 unspecified atom stereocenters. The Labute approximate surface area is 208 Å². The van der Waals surface area contributed by atoms with Crippen LogP contribution in [0.5, 0.6) is 5.75 Å². The first-order valence-electron chi connectivity index (χ1n) is 12.1. The zero-order chi connectivity index (χ0) is 24.5. The average molecular weight is 488 g/mol. The molecule has 6 nitrogen and oxygen atoms in total. The van der Waals surface area contributed by atoms with Gasteiger partial charge in [-0.15, -0.1) is 11.3 Å². The molecule has 2 aromatic carbocycles. The van der Waals surface area contributed by atoms with Crippen LogP contribution in [-0.4, -0.2) is 22.1 Å². The summed E-state index contributed by atoms with van der Waals surface area (Å²) in [7, 11) is 0. The summed E-state index contributed by atoms with van der Waals surface area (Å²) < 4.78 is 7.06. The van der Waals surface area contributed by atoms with Crippen molar-refractivity contribution in [2.75, 3.05) is 11.9 Å². The first kappa shape index (κ1) is 23.3. The number of benzene rings is 2. The van der Waals surface area contributed by atoms with E-state index in [2.05, 4.69) is 5.32 Å². The molecule has 1 N–H and O–H groups in total. The van der Waals surface area contributed by atoms with Crippen LogP contribution in [0.4, 0.5) is 5.69 Å². The van der Waals surface area contributed by atoms with Gasteiger partial charge in [0.1, 0.15) is 22.4 Å². The first-order chi connectivity index (χ1) is 17.0. The molecule has 1 amide bonds. The monoisotopic (exact) mass is 487 g/mol. The van der Waals surface area contributed by atoms with E-state index >= 15 is 0 Å². The van der Waals surface area contributed by atoms with E-state index in [1.165, 1.54) is 4.88 Å². The number of anilines is 1. The predicted molar refractivity (Wildman–Crippen MR) is 142 cm³/mol. The first-order valence-corrected chi connectivity index (χ1v) is 13.0. The molecule has 0 saturated heterocycles. The lowest BCUT2D eigenvalue weighted by molar-refractivity contribution is -0.118. The van der Waals surface area contributed by atoms with Gasteiger partial charge in [-0.2, -0.15) is 0 Å². The number of carbonyl (C=O) groups excluding carboxylic acids is 1. The number of nitrogens with zero attached hydrogens (tertiary/aromatic N) is 2. The summed E-state index contributed by atoms with van der Waals surface area (Å²) in [6.07, 6.45) is 4.09. The molecule has 1 aliphatic rings. The van der Waals surface area contributed by atoms with E-state index in [0.717, 1.165) is 53.0 Å². The van der Waals surface area contributed by atoms with Gasteiger partial charge in [0.15, 0.2) is 0 Å². The molecule has 0 spiro atoms. The van der Waals surface area contributed by atoms with Gasteiger partial charge in [-0.1, -0.05) is 23.8 Å². The van der Waals surface area contributed by atoms with Crippen LogP contribution in [0, 0.1) is 6.92 Å². The zero-order valence-corrected chi connectivity index (χ0v) is 21.1. The number of hydrogen-bond donors (Lipinski definition) is 1. The van der Waals surface area contributed by atoms with Gasteiger partial charge in [0.25, 0.3) is 5.56 Å². The number of nitrogens with one attached hydrogen (secondary N) is 1. The minimum Gasteiger partial charge on any atom is -0.494 e. The molecular formula is C28H29N3O3S. The SMILES string of the molecule is CCOc1ccc(NC(=O)C(C)n2c(-c3cccc(C)c3)nc3sc4c(c3c2=O)CCCC4)cc1. The summed E-state index contributed by atoms with van der Waals surface area (Å²) >= 11 is 1.63. The van der Waals surface area contributed by atoms with Crippen molar-refractivity contribution in [3.8, 4) is 17.1 Å². The van der Waals surface area contributed by atoms with Crippen molar-refractivity contribution in [3.05, 3.63) is 74.9 Å². The molecule has 7 heteroatoms. The third kappa shape index (κ3) is 4.48. The predicted octanol–water partition coefficient (Wildman–Crippen LogP) is 5.91. The molecule has 0 radical (unpaired) electrons. The van der Waals surface area contributed by atoms with Crippen LogP contribution in [0.3, 0.4) is 0 Å². The van der Waals surface area contributed by atoms with Crippen molar-refractivity contribution in [2.45, 2.75) is 52.5 Å². The maximum Gasteiger partial charge on any atom is 0.263 e. The highest BCUT2D eigenvalue weighted by molar-refractivity contribution is 7.18. The van der Waals surface area contributed by atoms with Gasteiger partial charge in [0, 0.05) is 16.1 Å². The fourth-order valence-corrected chi connectivity index (χ4v) is 5.98. The topological polar surface area (TPSA) is 73.2 Å². The summed E-state index contributed by atoms with van der Waals surface area (Å²) in [5, 5.41) is 3.63. The minimum atomic E-state index is -0.749. The molecule has 1 aliphatic carbocycles. The smallest absolute Gasteiger partial charge is 0.263 e. The maximum absolute atomic E-state index is 14.0. The summed E-state index contributed by atoms with van der Waals surface area (Å²) in [5.41, 5.74) is 3.53. The van der Waals surface area contributed by atoms with Gasteiger partial charge in [-0.05, 0) is 82.3 Å². The van der Waals surface area contributed by atoms with Crippen LogP contribution >= 0.6 is 11.3 Å². The van der Waals surface area contributed by atoms with E-state index in [4.69, 9.17) is 9.72 Å². The van der Waals surface area contributed by atoms with Crippen LogP contribution in [0.2, 0.25) is 0 Å². The highest BCUT2D eigenvalue weighted by Gasteiger charge is 2.27. The fourth-order valence-electron chi connectivity index (χ4n) is 4.73. The molecule has 0 fully saturated rings. The number of ether oxygens (including phenoxy) is 1. The Balaban J connectivity index is 1.60. The molecule has 1 atom stereocenters. The van der Waals surface area contributed by atoms with Crippen LogP contribution in [-0.2, 0) is 17.6 Å². The van der Waals surface area contributed by atoms with Crippen molar-refractivity contribution in [3.63, 3.8) is 0 Å². The molecule has 0 bridgehead atoms. The van der Waals surface area contributed by atoms with Gasteiger partial charge in [0.2, 0.25) is 5.91 Å².